The zero-order chi connectivity index (χ0) is 13.5. The highest BCUT2D eigenvalue weighted by molar-refractivity contribution is 5.70. The molecule has 0 radical (unpaired) electrons. The molecule has 0 saturated carbocycles. The average molecular weight is 250 g/mol. The van der Waals surface area contributed by atoms with Gasteiger partial charge in [-0.15, -0.1) is 6.58 Å². The molecule has 0 spiro atoms. The summed E-state index contributed by atoms with van der Waals surface area (Å²) in [7, 11) is 1.62. The van der Waals surface area contributed by atoms with Gasteiger partial charge in [0.25, 0.3) is 0 Å². The Kier molecular flexibility index (Phi) is 5.86. The van der Waals surface area contributed by atoms with Gasteiger partial charge >= 0.3 is 5.97 Å². The van der Waals surface area contributed by atoms with Crippen molar-refractivity contribution in [1.29, 1.82) is 0 Å². The molecule has 18 heavy (non-hydrogen) atoms. The van der Waals surface area contributed by atoms with Gasteiger partial charge in [0.1, 0.15) is 12.2 Å². The minimum Gasteiger partial charge on any atom is -0.455 e. The number of esters is 1. The van der Waals surface area contributed by atoms with Gasteiger partial charge in [0.15, 0.2) is 0 Å². The van der Waals surface area contributed by atoms with E-state index in [0.29, 0.717) is 12.3 Å². The number of hydrogen-bond acceptors (Lipinski definition) is 3. The van der Waals surface area contributed by atoms with Crippen LogP contribution in [0.25, 0.3) is 0 Å². The molecule has 2 unspecified atom stereocenters. The second kappa shape index (κ2) is 7.17. The van der Waals surface area contributed by atoms with Crippen LogP contribution in [0.2, 0.25) is 0 Å². The van der Waals surface area contributed by atoms with Crippen LogP contribution in [0, 0.1) is 5.92 Å². The summed E-state index contributed by atoms with van der Waals surface area (Å²) in [6, 6.07) is 0. The van der Waals surface area contributed by atoms with Crippen LogP contribution in [0.1, 0.15) is 26.7 Å². The number of allylic oxidation sites excluding steroid dienone is 3. The molecule has 0 heterocycles. The van der Waals surface area contributed by atoms with Crippen molar-refractivity contribution >= 4 is 5.97 Å². The van der Waals surface area contributed by atoms with E-state index in [-0.39, 0.29) is 18.2 Å². The summed E-state index contributed by atoms with van der Waals surface area (Å²) in [6.45, 7) is 7.69. The third-order valence-corrected chi connectivity index (χ3v) is 2.70. The minimum absolute atomic E-state index is 0.178. The van der Waals surface area contributed by atoms with Gasteiger partial charge in [0.2, 0.25) is 0 Å². The second-order valence-electron chi connectivity index (χ2n) is 4.85. The van der Waals surface area contributed by atoms with Gasteiger partial charge in [0, 0.05) is 13.5 Å². The predicted octanol–water partition coefficient (Wildman–Crippen LogP) is 3.03. The van der Waals surface area contributed by atoms with E-state index in [4.69, 9.17) is 9.47 Å². The normalized spacial score (nSPS) is 22.8. The molecule has 0 amide bonds. The molecule has 0 saturated heterocycles. The highest BCUT2D eigenvalue weighted by Crippen LogP contribution is 2.20. The number of carbonyl (C=O) groups excluding carboxylic acids is 1. The Morgan fingerprint density at radius 2 is 2.22 bits per heavy atom. The quantitative estimate of drug-likeness (QED) is 0.537. The van der Waals surface area contributed by atoms with Gasteiger partial charge in [0.05, 0.1) is 0 Å². The first-order chi connectivity index (χ1) is 8.56. The Balaban J connectivity index is 2.60. The maximum Gasteiger partial charge on any atom is 0.306 e. The second-order valence-corrected chi connectivity index (χ2v) is 4.85. The first kappa shape index (κ1) is 14.7. The predicted molar refractivity (Wildman–Crippen MR) is 72.2 cm³/mol. The van der Waals surface area contributed by atoms with Crippen LogP contribution < -0.4 is 0 Å². The van der Waals surface area contributed by atoms with E-state index in [2.05, 4.69) is 6.58 Å². The molecule has 1 aliphatic carbocycles. The number of hydrogen-bond donors (Lipinski definition) is 0. The smallest absolute Gasteiger partial charge is 0.306 e. The van der Waals surface area contributed by atoms with Crippen molar-refractivity contribution in [2.75, 3.05) is 7.11 Å². The van der Waals surface area contributed by atoms with Crippen molar-refractivity contribution in [1.82, 2.24) is 0 Å². The zero-order valence-corrected chi connectivity index (χ0v) is 11.4. The van der Waals surface area contributed by atoms with Crippen LogP contribution in [-0.4, -0.2) is 25.3 Å². The summed E-state index contributed by atoms with van der Waals surface area (Å²) < 4.78 is 10.8. The molecule has 0 bridgehead atoms. The van der Waals surface area contributed by atoms with Crippen molar-refractivity contribution in [3.63, 3.8) is 0 Å². The van der Waals surface area contributed by atoms with E-state index < -0.39 is 0 Å². The number of carbonyl (C=O) groups is 1. The van der Waals surface area contributed by atoms with Gasteiger partial charge in [-0.2, -0.15) is 0 Å². The molecule has 0 aliphatic heterocycles. The van der Waals surface area contributed by atoms with Gasteiger partial charge in [-0.25, -0.2) is 0 Å². The Labute approximate surface area is 109 Å². The molecule has 0 aromatic carbocycles. The van der Waals surface area contributed by atoms with E-state index in [9.17, 15) is 4.79 Å². The SMILES string of the molecule is C=CCC1=CC(OC)C(OC(=O)CC(C)C)C=C1. The minimum atomic E-state index is -0.324. The Morgan fingerprint density at radius 1 is 1.50 bits per heavy atom. The summed E-state index contributed by atoms with van der Waals surface area (Å²) in [4.78, 5) is 11.6. The molecule has 3 heteroatoms. The topological polar surface area (TPSA) is 35.5 Å². The van der Waals surface area contributed by atoms with Crippen LogP contribution in [0.4, 0.5) is 0 Å². The third kappa shape index (κ3) is 4.49. The fourth-order valence-corrected chi connectivity index (χ4v) is 1.83. The maximum atomic E-state index is 11.6. The van der Waals surface area contributed by atoms with E-state index in [1.807, 2.05) is 38.2 Å². The van der Waals surface area contributed by atoms with Crippen molar-refractivity contribution in [2.24, 2.45) is 5.92 Å². The summed E-state index contributed by atoms with van der Waals surface area (Å²) in [5, 5.41) is 0. The molecule has 1 rings (SSSR count). The molecular formula is C15H22O3. The molecular weight excluding hydrogens is 228 g/mol. The molecule has 0 aromatic rings. The first-order valence-electron chi connectivity index (χ1n) is 6.29. The standard InChI is InChI=1S/C15H22O3/c1-5-6-12-7-8-13(14(10-12)17-4)18-15(16)9-11(2)3/h5,7-8,10-11,13-14H,1,6,9H2,2-4H3. The van der Waals surface area contributed by atoms with E-state index in [0.717, 1.165) is 12.0 Å². The highest BCUT2D eigenvalue weighted by atomic mass is 16.6. The van der Waals surface area contributed by atoms with Gasteiger partial charge in [-0.3, -0.25) is 4.79 Å². The largest absolute Gasteiger partial charge is 0.455 e. The lowest BCUT2D eigenvalue weighted by Gasteiger charge is -2.25. The Bertz CT molecular complexity index is 353. The monoisotopic (exact) mass is 250 g/mol. The fourth-order valence-electron chi connectivity index (χ4n) is 1.83. The van der Waals surface area contributed by atoms with Gasteiger partial charge < -0.3 is 9.47 Å². The molecule has 0 fully saturated rings. The Hall–Kier alpha value is -1.35. The molecule has 0 N–H and O–H groups in total. The molecule has 0 aromatic heterocycles. The van der Waals surface area contributed by atoms with Gasteiger partial charge in [-0.1, -0.05) is 26.0 Å². The van der Waals surface area contributed by atoms with Crippen LogP contribution in [0.3, 0.4) is 0 Å². The van der Waals surface area contributed by atoms with Crippen LogP contribution in [0.5, 0.6) is 0 Å². The first-order valence-corrected chi connectivity index (χ1v) is 6.29. The number of methoxy groups -OCH3 is 1. The lowest BCUT2D eigenvalue weighted by atomic mass is 10.00. The summed E-state index contributed by atoms with van der Waals surface area (Å²) in [5.41, 5.74) is 1.13. The summed E-state index contributed by atoms with van der Waals surface area (Å²) >= 11 is 0. The third-order valence-electron chi connectivity index (χ3n) is 2.70. The van der Waals surface area contributed by atoms with Crippen molar-refractivity contribution in [2.45, 2.75) is 38.9 Å². The summed E-state index contributed by atoms with van der Waals surface area (Å²) in [5.74, 6) is 0.125. The van der Waals surface area contributed by atoms with Crippen LogP contribution >= 0.6 is 0 Å². The van der Waals surface area contributed by atoms with E-state index in [1.165, 1.54) is 0 Å². The summed E-state index contributed by atoms with van der Waals surface area (Å²) in [6.07, 6.45) is 8.36. The average Bonchev–Trinajstić information content (AvgIpc) is 2.30. The zero-order valence-electron chi connectivity index (χ0n) is 11.4. The molecule has 2 atom stereocenters. The van der Waals surface area contributed by atoms with Crippen LogP contribution in [-0.2, 0) is 14.3 Å². The lowest BCUT2D eigenvalue weighted by molar-refractivity contribution is -0.152. The van der Waals surface area contributed by atoms with Crippen molar-refractivity contribution in [3.8, 4) is 0 Å². The molecule has 1 aliphatic rings. The molecule has 100 valence electrons. The maximum absolute atomic E-state index is 11.6. The van der Waals surface area contributed by atoms with Crippen molar-refractivity contribution < 1.29 is 14.3 Å². The molecule has 3 nitrogen and oxygen atoms in total. The highest BCUT2D eigenvalue weighted by Gasteiger charge is 2.24. The Morgan fingerprint density at radius 3 is 2.78 bits per heavy atom. The fraction of sp³-hybridized carbons (Fsp3) is 0.533. The number of ether oxygens (including phenoxy) is 2. The van der Waals surface area contributed by atoms with E-state index in [1.54, 1.807) is 7.11 Å². The van der Waals surface area contributed by atoms with E-state index >= 15 is 0 Å². The van der Waals surface area contributed by atoms with Crippen LogP contribution in [0.15, 0.2) is 36.5 Å². The lowest BCUT2D eigenvalue weighted by Crippen LogP contribution is -2.32. The number of rotatable bonds is 6. The van der Waals surface area contributed by atoms with Crippen molar-refractivity contribution in [3.05, 3.63) is 36.5 Å². The van der Waals surface area contributed by atoms with Gasteiger partial charge in [-0.05, 0) is 30.1 Å².